The van der Waals surface area contributed by atoms with Crippen molar-refractivity contribution in [2.45, 2.75) is 0 Å². The van der Waals surface area contributed by atoms with Crippen LogP contribution < -0.4 is 4.90 Å². The molecule has 0 spiro atoms. The topological polar surface area (TPSA) is 3.24 Å². The second-order valence-electron chi connectivity index (χ2n) is 14.4. The van der Waals surface area contributed by atoms with Crippen molar-refractivity contribution in [2.75, 3.05) is 4.90 Å². The number of anilines is 3. The van der Waals surface area contributed by atoms with Crippen LogP contribution in [0.2, 0.25) is 0 Å². The molecule has 0 unspecified atom stereocenters. The Labute approximate surface area is 340 Å². The van der Waals surface area contributed by atoms with Crippen LogP contribution in [0.5, 0.6) is 0 Å². The summed E-state index contributed by atoms with van der Waals surface area (Å²) in [5.41, 5.74) is 13.1. The summed E-state index contributed by atoms with van der Waals surface area (Å²) >= 11 is 3.75. The fourth-order valence-electron chi connectivity index (χ4n) is 8.52. The second kappa shape index (κ2) is 14.1. The van der Waals surface area contributed by atoms with Crippen molar-refractivity contribution in [1.82, 2.24) is 0 Å². The first-order valence-electron chi connectivity index (χ1n) is 19.3. The smallest absolute Gasteiger partial charge is 0.0640 e. The van der Waals surface area contributed by atoms with Crippen molar-refractivity contribution in [3.63, 3.8) is 0 Å². The predicted molar refractivity (Wildman–Crippen MR) is 249 cm³/mol. The first-order valence-corrected chi connectivity index (χ1v) is 21.0. The van der Waals surface area contributed by atoms with Crippen LogP contribution in [-0.2, 0) is 0 Å². The highest BCUT2D eigenvalue weighted by Crippen LogP contribution is 2.49. The molecular weight excluding hydrogens is 727 g/mol. The molecule has 11 aromatic rings. The number of thiophene rings is 2. The summed E-state index contributed by atoms with van der Waals surface area (Å²) in [6.07, 6.45) is 0. The first-order chi connectivity index (χ1) is 28.3. The Balaban J connectivity index is 1.12. The maximum atomic E-state index is 2.48. The molecule has 0 saturated heterocycles. The van der Waals surface area contributed by atoms with Crippen LogP contribution in [0.4, 0.5) is 17.1 Å². The molecule has 2 heterocycles. The minimum atomic E-state index is 1.11. The third-order valence-corrected chi connectivity index (χ3v) is 13.6. The summed E-state index contributed by atoms with van der Waals surface area (Å²) in [6.45, 7) is 0. The van der Waals surface area contributed by atoms with E-state index in [1.54, 1.807) is 0 Å². The third-order valence-electron chi connectivity index (χ3n) is 11.1. The van der Waals surface area contributed by atoms with Crippen LogP contribution in [0.15, 0.2) is 212 Å². The van der Waals surface area contributed by atoms with E-state index in [0.29, 0.717) is 0 Å². The first kappa shape index (κ1) is 33.5. The van der Waals surface area contributed by atoms with Gasteiger partial charge in [-0.2, -0.15) is 0 Å². The molecule has 0 aliphatic carbocycles. The van der Waals surface area contributed by atoms with Gasteiger partial charge in [-0.3, -0.25) is 0 Å². The van der Waals surface area contributed by atoms with Crippen LogP contribution in [0.25, 0.3) is 84.9 Å². The molecule has 0 aliphatic heterocycles. The van der Waals surface area contributed by atoms with Gasteiger partial charge >= 0.3 is 0 Å². The Morgan fingerprint density at radius 2 is 0.702 bits per heavy atom. The highest BCUT2D eigenvalue weighted by atomic mass is 32.1. The monoisotopic (exact) mass is 761 g/mol. The van der Waals surface area contributed by atoms with Crippen LogP contribution in [0.1, 0.15) is 0 Å². The molecule has 0 bridgehead atoms. The Kier molecular flexibility index (Phi) is 8.28. The van der Waals surface area contributed by atoms with E-state index >= 15 is 0 Å². The van der Waals surface area contributed by atoms with Gasteiger partial charge in [-0.25, -0.2) is 0 Å². The van der Waals surface area contributed by atoms with E-state index in [1.807, 2.05) is 22.7 Å². The summed E-state index contributed by atoms with van der Waals surface area (Å²) in [4.78, 5) is 2.48. The van der Waals surface area contributed by atoms with Gasteiger partial charge in [-0.15, -0.1) is 22.7 Å². The summed E-state index contributed by atoms with van der Waals surface area (Å²) in [7, 11) is 0. The molecule has 0 atom stereocenters. The fraction of sp³-hybridized carbons (Fsp3) is 0. The van der Waals surface area contributed by atoms with Crippen LogP contribution in [0.3, 0.4) is 0 Å². The summed E-state index contributed by atoms with van der Waals surface area (Å²) in [5, 5.41) is 5.21. The summed E-state index contributed by atoms with van der Waals surface area (Å²) < 4.78 is 5.22. The molecule has 3 heteroatoms. The third kappa shape index (κ3) is 5.74. The van der Waals surface area contributed by atoms with E-state index in [4.69, 9.17) is 0 Å². The number of hydrogen-bond acceptors (Lipinski definition) is 3. The summed E-state index contributed by atoms with van der Waals surface area (Å²) in [5.74, 6) is 0. The molecule has 57 heavy (non-hydrogen) atoms. The van der Waals surface area contributed by atoms with E-state index in [0.717, 1.165) is 11.4 Å². The van der Waals surface area contributed by atoms with Gasteiger partial charge in [-0.1, -0.05) is 176 Å². The molecule has 0 fully saturated rings. The Hall–Kier alpha value is -6.78. The number of benzene rings is 9. The van der Waals surface area contributed by atoms with E-state index in [-0.39, 0.29) is 0 Å². The number of hydrogen-bond donors (Lipinski definition) is 0. The van der Waals surface area contributed by atoms with Crippen molar-refractivity contribution >= 4 is 80.1 Å². The summed E-state index contributed by atoms with van der Waals surface area (Å²) in [6, 6.07) is 77.6. The molecule has 2 aromatic heterocycles. The van der Waals surface area contributed by atoms with Gasteiger partial charge in [0, 0.05) is 46.9 Å². The van der Waals surface area contributed by atoms with Crippen LogP contribution >= 0.6 is 22.7 Å². The molecule has 0 radical (unpaired) electrons. The Morgan fingerprint density at radius 1 is 0.263 bits per heavy atom. The van der Waals surface area contributed by atoms with Gasteiger partial charge < -0.3 is 4.90 Å². The Bertz CT molecular complexity index is 3240. The van der Waals surface area contributed by atoms with Gasteiger partial charge in [0.05, 0.1) is 16.1 Å². The average molecular weight is 762 g/mol. The zero-order valence-electron chi connectivity index (χ0n) is 31.0. The molecule has 0 N–H and O–H groups in total. The minimum absolute atomic E-state index is 1.11. The van der Waals surface area contributed by atoms with E-state index < -0.39 is 0 Å². The van der Waals surface area contributed by atoms with E-state index in [1.165, 1.54) is 90.5 Å². The number of nitrogens with zero attached hydrogens (tertiary/aromatic N) is 1. The minimum Gasteiger partial charge on any atom is -0.308 e. The van der Waals surface area contributed by atoms with Crippen LogP contribution in [-0.4, -0.2) is 0 Å². The SMILES string of the molecule is c1ccc(-c2ccccc2-c2ccccc2-c2ccccc2N(c2ccc(-c3cccc4c3sc3ccccc34)cc2)c2cccc3c2sc2ccccc23)cc1. The lowest BCUT2D eigenvalue weighted by molar-refractivity contribution is 1.30. The van der Waals surface area contributed by atoms with Gasteiger partial charge in [0.15, 0.2) is 0 Å². The van der Waals surface area contributed by atoms with Crippen molar-refractivity contribution in [1.29, 1.82) is 0 Å². The molecule has 11 rings (SSSR count). The molecule has 1 nitrogen and oxygen atoms in total. The highest BCUT2D eigenvalue weighted by molar-refractivity contribution is 7.26. The zero-order chi connectivity index (χ0) is 37.7. The van der Waals surface area contributed by atoms with Crippen molar-refractivity contribution in [3.8, 4) is 44.5 Å². The average Bonchev–Trinajstić information content (AvgIpc) is 3.87. The normalized spacial score (nSPS) is 11.5. The van der Waals surface area contributed by atoms with Gasteiger partial charge in [0.2, 0.25) is 0 Å². The van der Waals surface area contributed by atoms with Gasteiger partial charge in [0.1, 0.15) is 0 Å². The molecule has 0 saturated carbocycles. The molecule has 0 aliphatic rings. The van der Waals surface area contributed by atoms with Crippen molar-refractivity contribution in [2.24, 2.45) is 0 Å². The molecule has 268 valence electrons. The predicted octanol–water partition coefficient (Wildman–Crippen LogP) is 16.6. The number of fused-ring (bicyclic) bond motifs is 6. The molecule has 9 aromatic carbocycles. The second-order valence-corrected chi connectivity index (χ2v) is 16.5. The Morgan fingerprint density at radius 3 is 1.40 bits per heavy atom. The maximum Gasteiger partial charge on any atom is 0.0640 e. The number of para-hydroxylation sites is 1. The molecular formula is C54H35NS2. The highest BCUT2D eigenvalue weighted by Gasteiger charge is 2.23. The van der Waals surface area contributed by atoms with Crippen molar-refractivity contribution < 1.29 is 0 Å². The van der Waals surface area contributed by atoms with Crippen molar-refractivity contribution in [3.05, 3.63) is 212 Å². The van der Waals surface area contributed by atoms with Gasteiger partial charge in [-0.05, 0) is 75.3 Å². The van der Waals surface area contributed by atoms with E-state index in [9.17, 15) is 0 Å². The van der Waals surface area contributed by atoms with Gasteiger partial charge in [0.25, 0.3) is 0 Å². The fourth-order valence-corrected chi connectivity index (χ4v) is 11.0. The van der Waals surface area contributed by atoms with Crippen LogP contribution in [0, 0.1) is 0 Å². The quantitative estimate of drug-likeness (QED) is 0.156. The molecule has 0 amide bonds. The van der Waals surface area contributed by atoms with E-state index in [2.05, 4.69) is 217 Å². The lowest BCUT2D eigenvalue weighted by Gasteiger charge is -2.29. The zero-order valence-corrected chi connectivity index (χ0v) is 32.6. The lowest BCUT2D eigenvalue weighted by Crippen LogP contribution is -2.11. The lowest BCUT2D eigenvalue weighted by atomic mass is 9.88. The number of rotatable bonds is 7. The standard InChI is InChI=1S/C54H35NS2/c1-2-16-36(17-3-1)39-18-4-5-19-41(39)42-20-6-7-21-43(42)44-22-8-11-28-49(44)55(50-29-15-27-48-46-24-10-13-31-52(46)57-54(48)50)38-34-32-37(33-35-38)40-25-14-26-47-45-23-9-12-30-51(45)56-53(40)47/h1-35H. The largest absolute Gasteiger partial charge is 0.308 e. The maximum absolute atomic E-state index is 2.48.